The average Bonchev–Trinajstić information content (AvgIpc) is 2.98. The Morgan fingerprint density at radius 1 is 1.20 bits per heavy atom. The second kappa shape index (κ2) is 7.39. The quantitative estimate of drug-likeness (QED) is 0.770. The lowest BCUT2D eigenvalue weighted by molar-refractivity contribution is -0.137. The number of aromatic nitrogens is 2. The van der Waals surface area contributed by atoms with E-state index in [2.05, 4.69) is 15.3 Å². The number of urea groups is 1. The normalized spacial score (nSPS) is 21.6. The number of carbonyl (C=O) groups excluding carboxylic acids is 3. The van der Waals surface area contributed by atoms with E-state index in [1.54, 1.807) is 0 Å². The fourth-order valence-electron chi connectivity index (χ4n) is 3.67. The van der Waals surface area contributed by atoms with Crippen molar-refractivity contribution in [2.24, 2.45) is 0 Å². The molecule has 1 N–H and O–H groups in total. The second-order valence-electron chi connectivity index (χ2n) is 7.00. The molecule has 0 aliphatic carbocycles. The van der Waals surface area contributed by atoms with Gasteiger partial charge in [-0.25, -0.2) is 14.7 Å². The number of fused-ring (bicyclic) bond motifs is 1. The van der Waals surface area contributed by atoms with E-state index >= 15 is 0 Å². The molecule has 3 heterocycles. The molecule has 30 heavy (non-hydrogen) atoms. The van der Waals surface area contributed by atoms with Gasteiger partial charge in [-0.3, -0.25) is 14.6 Å². The predicted octanol–water partition coefficient (Wildman–Crippen LogP) is 2.23. The van der Waals surface area contributed by atoms with Gasteiger partial charge in [0.15, 0.2) is 0 Å². The van der Waals surface area contributed by atoms with Gasteiger partial charge in [-0.05, 0) is 31.0 Å². The molecule has 0 unspecified atom stereocenters. The molecule has 11 heteroatoms. The summed E-state index contributed by atoms with van der Waals surface area (Å²) in [5.74, 6) is -1.06. The maximum atomic E-state index is 13.0. The predicted molar refractivity (Wildman–Crippen MR) is 97.3 cm³/mol. The maximum absolute atomic E-state index is 13.0. The van der Waals surface area contributed by atoms with Gasteiger partial charge in [-0.1, -0.05) is 6.07 Å². The van der Waals surface area contributed by atoms with Gasteiger partial charge in [0.25, 0.3) is 11.8 Å². The number of nitrogens with one attached hydrogen (secondary N) is 1. The summed E-state index contributed by atoms with van der Waals surface area (Å²) in [7, 11) is 0. The summed E-state index contributed by atoms with van der Waals surface area (Å²) in [5.41, 5.74) is -0.951. The first-order chi connectivity index (χ1) is 14.3. The van der Waals surface area contributed by atoms with Gasteiger partial charge in [0, 0.05) is 25.0 Å². The van der Waals surface area contributed by atoms with Crippen molar-refractivity contribution < 1.29 is 27.6 Å². The summed E-state index contributed by atoms with van der Waals surface area (Å²) in [5, 5.41) is 2.77. The Hall–Kier alpha value is -3.50. The number of piperidine rings is 1. The van der Waals surface area contributed by atoms with E-state index < -0.39 is 35.6 Å². The van der Waals surface area contributed by atoms with Crippen molar-refractivity contribution in [3.8, 4) is 0 Å². The van der Waals surface area contributed by atoms with Crippen LogP contribution in [0.25, 0.3) is 0 Å². The van der Waals surface area contributed by atoms with Crippen LogP contribution in [0.3, 0.4) is 0 Å². The van der Waals surface area contributed by atoms with E-state index in [1.165, 1.54) is 29.6 Å². The zero-order valence-electron chi connectivity index (χ0n) is 15.5. The molecule has 8 nitrogen and oxygen atoms in total. The molecule has 0 saturated carbocycles. The third-order valence-electron chi connectivity index (χ3n) is 5.11. The van der Waals surface area contributed by atoms with E-state index in [-0.39, 0.29) is 30.4 Å². The average molecular weight is 419 g/mol. The van der Waals surface area contributed by atoms with Crippen molar-refractivity contribution in [2.45, 2.75) is 31.1 Å². The molecular weight excluding hydrogens is 403 g/mol. The SMILES string of the molecule is O=C(N[C@H]1CCN2C(=O)N(c3cccc(C(F)(F)F)c3)C(=O)[C@H]2C1)c1cnccn1. The molecule has 2 saturated heterocycles. The van der Waals surface area contributed by atoms with Gasteiger partial charge in [0.1, 0.15) is 11.7 Å². The molecule has 2 aliphatic rings. The number of imide groups is 1. The number of halogens is 3. The summed E-state index contributed by atoms with van der Waals surface area (Å²) in [6, 6.07) is 2.19. The van der Waals surface area contributed by atoms with Crippen LogP contribution in [-0.2, 0) is 11.0 Å². The molecule has 0 spiro atoms. The number of alkyl halides is 3. The van der Waals surface area contributed by atoms with Crippen LogP contribution in [0.5, 0.6) is 0 Å². The minimum atomic E-state index is -4.59. The first-order valence-electron chi connectivity index (χ1n) is 9.14. The lowest BCUT2D eigenvalue weighted by Crippen LogP contribution is -2.49. The third-order valence-corrected chi connectivity index (χ3v) is 5.11. The summed E-state index contributed by atoms with van der Waals surface area (Å²) in [6.07, 6.45) is 0.0860. The summed E-state index contributed by atoms with van der Waals surface area (Å²) in [4.78, 5) is 47.7. The van der Waals surface area contributed by atoms with Crippen LogP contribution in [-0.4, -0.2) is 51.3 Å². The topological polar surface area (TPSA) is 95.5 Å². The second-order valence-corrected chi connectivity index (χ2v) is 7.00. The zero-order valence-corrected chi connectivity index (χ0v) is 15.5. The number of benzene rings is 1. The Bertz CT molecular complexity index is 998. The van der Waals surface area contributed by atoms with E-state index in [9.17, 15) is 27.6 Å². The Morgan fingerprint density at radius 3 is 2.70 bits per heavy atom. The number of rotatable bonds is 3. The van der Waals surface area contributed by atoms with Crippen LogP contribution in [0.2, 0.25) is 0 Å². The first kappa shape index (κ1) is 19.8. The molecule has 2 aromatic rings. The third kappa shape index (κ3) is 3.58. The molecule has 156 valence electrons. The van der Waals surface area contributed by atoms with E-state index in [0.29, 0.717) is 6.42 Å². The molecule has 4 rings (SSSR count). The Kier molecular flexibility index (Phi) is 4.88. The number of nitrogens with zero attached hydrogens (tertiary/aromatic N) is 4. The number of carbonyl (C=O) groups is 3. The van der Waals surface area contributed by atoms with Crippen molar-refractivity contribution in [2.75, 3.05) is 11.4 Å². The molecule has 1 aromatic heterocycles. The maximum Gasteiger partial charge on any atom is 0.416 e. The Morgan fingerprint density at radius 2 is 2.00 bits per heavy atom. The van der Waals surface area contributed by atoms with Crippen molar-refractivity contribution in [3.63, 3.8) is 0 Å². The van der Waals surface area contributed by atoms with Crippen molar-refractivity contribution in [1.82, 2.24) is 20.2 Å². The van der Waals surface area contributed by atoms with Crippen molar-refractivity contribution in [3.05, 3.63) is 54.1 Å². The van der Waals surface area contributed by atoms with E-state index in [0.717, 1.165) is 23.1 Å². The fraction of sp³-hybridized carbons (Fsp3) is 0.316. The van der Waals surface area contributed by atoms with Gasteiger partial charge in [0.2, 0.25) is 0 Å². The van der Waals surface area contributed by atoms with Crippen LogP contribution < -0.4 is 10.2 Å². The number of hydrogen-bond donors (Lipinski definition) is 1. The fourth-order valence-corrected chi connectivity index (χ4v) is 3.67. The summed E-state index contributed by atoms with van der Waals surface area (Å²) < 4.78 is 39.0. The summed E-state index contributed by atoms with van der Waals surface area (Å²) >= 11 is 0. The monoisotopic (exact) mass is 419 g/mol. The molecule has 0 radical (unpaired) electrons. The van der Waals surface area contributed by atoms with Crippen molar-refractivity contribution in [1.29, 1.82) is 0 Å². The Balaban J connectivity index is 1.51. The molecular formula is C19H16F3N5O3. The lowest BCUT2D eigenvalue weighted by atomic mass is 9.98. The standard InChI is InChI=1S/C19H16F3N5O3/c20-19(21,22)11-2-1-3-13(8-11)27-17(29)15-9-12(4-7-26(15)18(27)30)25-16(28)14-10-23-5-6-24-14/h1-3,5-6,8,10,12,15H,4,7,9H2,(H,25,28)/t12-,15+/m0/s1. The smallest absolute Gasteiger partial charge is 0.348 e. The van der Waals surface area contributed by atoms with Crippen LogP contribution in [0.4, 0.5) is 23.7 Å². The minimum absolute atomic E-state index is 0.124. The van der Waals surface area contributed by atoms with Gasteiger partial charge in [0.05, 0.1) is 17.4 Å². The Labute approximate surface area is 168 Å². The van der Waals surface area contributed by atoms with Gasteiger partial charge in [-0.15, -0.1) is 0 Å². The van der Waals surface area contributed by atoms with Crippen LogP contribution in [0.15, 0.2) is 42.9 Å². The molecule has 2 atom stereocenters. The lowest BCUT2D eigenvalue weighted by Gasteiger charge is -2.32. The largest absolute Gasteiger partial charge is 0.416 e. The highest BCUT2D eigenvalue weighted by molar-refractivity contribution is 6.21. The highest BCUT2D eigenvalue weighted by Gasteiger charge is 2.49. The highest BCUT2D eigenvalue weighted by atomic mass is 19.4. The minimum Gasteiger partial charge on any atom is -0.348 e. The van der Waals surface area contributed by atoms with Crippen LogP contribution >= 0.6 is 0 Å². The molecule has 2 aliphatic heterocycles. The van der Waals surface area contributed by atoms with Crippen molar-refractivity contribution >= 4 is 23.5 Å². The number of hydrogen-bond acceptors (Lipinski definition) is 5. The van der Waals surface area contributed by atoms with Gasteiger partial charge >= 0.3 is 12.2 Å². The molecule has 0 bridgehead atoms. The molecule has 4 amide bonds. The number of amides is 4. The molecule has 2 fully saturated rings. The van der Waals surface area contributed by atoms with Crippen LogP contribution in [0, 0.1) is 0 Å². The zero-order chi connectivity index (χ0) is 21.5. The summed E-state index contributed by atoms with van der Waals surface area (Å²) in [6.45, 7) is 0.191. The van der Waals surface area contributed by atoms with E-state index in [4.69, 9.17) is 0 Å². The van der Waals surface area contributed by atoms with Gasteiger partial charge < -0.3 is 10.2 Å². The highest BCUT2D eigenvalue weighted by Crippen LogP contribution is 2.35. The van der Waals surface area contributed by atoms with E-state index in [1.807, 2.05) is 0 Å². The van der Waals surface area contributed by atoms with Gasteiger partial charge in [-0.2, -0.15) is 13.2 Å². The van der Waals surface area contributed by atoms with Crippen LogP contribution in [0.1, 0.15) is 28.9 Å². The molecule has 1 aromatic carbocycles. The first-order valence-corrected chi connectivity index (χ1v) is 9.14. The number of anilines is 1.